The Labute approximate surface area is 151 Å². The summed E-state index contributed by atoms with van der Waals surface area (Å²) in [4.78, 5) is 27.8. The van der Waals surface area contributed by atoms with E-state index in [4.69, 9.17) is 0 Å². The van der Waals surface area contributed by atoms with Gasteiger partial charge in [-0.25, -0.2) is 0 Å². The van der Waals surface area contributed by atoms with Crippen molar-refractivity contribution < 1.29 is 22.8 Å². The number of carbonyl (C=O) groups excluding carboxylic acids is 2. The minimum Gasteiger partial charge on any atom is -0.340 e. The van der Waals surface area contributed by atoms with Crippen LogP contribution in [0, 0.1) is 5.92 Å². The van der Waals surface area contributed by atoms with Gasteiger partial charge >= 0.3 is 6.18 Å². The van der Waals surface area contributed by atoms with Crippen molar-refractivity contribution >= 4 is 17.5 Å². The van der Waals surface area contributed by atoms with E-state index in [-0.39, 0.29) is 18.1 Å². The standard InChI is InChI=1S/C18H24F3N3O2/c1-13(2)11-17(26)24-9-7-23(8-10-24)12-16(25)22-15-6-4-3-5-14(15)18(19,20)21/h3-6,13H,7-12H2,1-2H3,(H,22,25). The van der Waals surface area contributed by atoms with Crippen LogP contribution in [0.2, 0.25) is 0 Å². The Bertz CT molecular complexity index is 639. The van der Waals surface area contributed by atoms with Gasteiger partial charge in [0.15, 0.2) is 0 Å². The van der Waals surface area contributed by atoms with Crippen molar-refractivity contribution in [1.82, 2.24) is 9.80 Å². The van der Waals surface area contributed by atoms with Crippen LogP contribution in [0.5, 0.6) is 0 Å². The maximum atomic E-state index is 13.0. The number of nitrogens with one attached hydrogen (secondary N) is 1. The third kappa shape index (κ3) is 5.72. The number of halogens is 3. The first-order chi connectivity index (χ1) is 12.2. The van der Waals surface area contributed by atoms with Crippen molar-refractivity contribution in [2.45, 2.75) is 26.4 Å². The van der Waals surface area contributed by atoms with Gasteiger partial charge in [0.25, 0.3) is 0 Å². The minimum atomic E-state index is -4.52. The maximum absolute atomic E-state index is 13.0. The lowest BCUT2D eigenvalue weighted by molar-refractivity contribution is -0.137. The summed E-state index contributed by atoms with van der Waals surface area (Å²) in [7, 11) is 0. The number of piperazine rings is 1. The second-order valence-electron chi connectivity index (χ2n) is 6.85. The Hall–Kier alpha value is -2.09. The van der Waals surface area contributed by atoms with Crippen molar-refractivity contribution in [3.8, 4) is 0 Å². The highest BCUT2D eigenvalue weighted by Crippen LogP contribution is 2.34. The number of alkyl halides is 3. The first-order valence-electron chi connectivity index (χ1n) is 8.63. The van der Waals surface area contributed by atoms with Gasteiger partial charge in [-0.2, -0.15) is 13.2 Å². The number of carbonyl (C=O) groups is 2. The first kappa shape index (κ1) is 20.2. The van der Waals surface area contributed by atoms with E-state index in [1.807, 2.05) is 18.7 Å². The van der Waals surface area contributed by atoms with Gasteiger partial charge in [0.1, 0.15) is 0 Å². The van der Waals surface area contributed by atoms with Crippen LogP contribution < -0.4 is 5.32 Å². The number of rotatable bonds is 5. The predicted octanol–water partition coefficient (Wildman–Crippen LogP) is 2.83. The molecule has 1 aliphatic rings. The highest BCUT2D eigenvalue weighted by atomic mass is 19.4. The maximum Gasteiger partial charge on any atom is 0.418 e. The lowest BCUT2D eigenvalue weighted by atomic mass is 10.1. The summed E-state index contributed by atoms with van der Waals surface area (Å²) in [6.07, 6.45) is -4.03. The molecule has 0 spiro atoms. The molecule has 0 unspecified atom stereocenters. The Morgan fingerprint density at radius 3 is 2.31 bits per heavy atom. The molecule has 5 nitrogen and oxygen atoms in total. The van der Waals surface area contributed by atoms with Crippen LogP contribution in [-0.4, -0.2) is 54.3 Å². The molecule has 0 radical (unpaired) electrons. The molecule has 0 saturated carbocycles. The lowest BCUT2D eigenvalue weighted by Gasteiger charge is -2.34. The van der Waals surface area contributed by atoms with Crippen LogP contribution in [0.1, 0.15) is 25.8 Å². The molecule has 0 aromatic heterocycles. The number of anilines is 1. The molecule has 8 heteroatoms. The molecular weight excluding hydrogens is 347 g/mol. The molecule has 1 saturated heterocycles. The SMILES string of the molecule is CC(C)CC(=O)N1CCN(CC(=O)Nc2ccccc2C(F)(F)F)CC1. The molecule has 2 rings (SSSR count). The molecule has 2 amide bonds. The van der Waals surface area contributed by atoms with Crippen molar-refractivity contribution in [3.63, 3.8) is 0 Å². The van der Waals surface area contributed by atoms with Gasteiger partial charge in [-0.1, -0.05) is 26.0 Å². The molecule has 0 aliphatic carbocycles. The predicted molar refractivity (Wildman–Crippen MR) is 92.5 cm³/mol. The Morgan fingerprint density at radius 1 is 1.12 bits per heavy atom. The van der Waals surface area contributed by atoms with Gasteiger partial charge < -0.3 is 10.2 Å². The quantitative estimate of drug-likeness (QED) is 0.866. The number of para-hydroxylation sites is 1. The molecule has 144 valence electrons. The third-order valence-corrected chi connectivity index (χ3v) is 4.18. The molecule has 0 bridgehead atoms. The smallest absolute Gasteiger partial charge is 0.340 e. The molecule has 1 fully saturated rings. The Kier molecular flexibility index (Phi) is 6.63. The summed E-state index contributed by atoms with van der Waals surface area (Å²) in [5.41, 5.74) is -1.10. The van der Waals surface area contributed by atoms with E-state index in [0.717, 1.165) is 6.07 Å². The highest BCUT2D eigenvalue weighted by Gasteiger charge is 2.33. The zero-order chi connectivity index (χ0) is 19.3. The number of nitrogens with zero attached hydrogens (tertiary/aromatic N) is 2. The zero-order valence-corrected chi connectivity index (χ0v) is 15.0. The number of amides is 2. The summed E-state index contributed by atoms with van der Waals surface area (Å²) in [6.45, 7) is 6.07. The van der Waals surface area contributed by atoms with Crippen LogP contribution in [0.25, 0.3) is 0 Å². The van der Waals surface area contributed by atoms with E-state index in [0.29, 0.717) is 38.5 Å². The molecule has 26 heavy (non-hydrogen) atoms. The number of hydrogen-bond acceptors (Lipinski definition) is 3. The van der Waals surface area contributed by atoms with Crippen LogP contribution in [0.3, 0.4) is 0 Å². The summed E-state index contributed by atoms with van der Waals surface area (Å²) >= 11 is 0. The van der Waals surface area contributed by atoms with E-state index in [1.54, 1.807) is 4.90 Å². The monoisotopic (exact) mass is 371 g/mol. The fourth-order valence-corrected chi connectivity index (χ4v) is 2.87. The molecule has 0 atom stereocenters. The van der Waals surface area contributed by atoms with Gasteiger partial charge in [-0.15, -0.1) is 0 Å². The van der Waals surface area contributed by atoms with Crippen LogP contribution >= 0.6 is 0 Å². The molecular formula is C18H24F3N3O2. The van der Waals surface area contributed by atoms with Crippen molar-refractivity contribution in [2.24, 2.45) is 5.92 Å². The van der Waals surface area contributed by atoms with Crippen molar-refractivity contribution in [2.75, 3.05) is 38.0 Å². The lowest BCUT2D eigenvalue weighted by Crippen LogP contribution is -2.50. The van der Waals surface area contributed by atoms with Gasteiger partial charge in [0.2, 0.25) is 11.8 Å². The van der Waals surface area contributed by atoms with E-state index < -0.39 is 17.6 Å². The largest absolute Gasteiger partial charge is 0.418 e. The van der Waals surface area contributed by atoms with Crippen LogP contribution in [-0.2, 0) is 15.8 Å². The summed E-state index contributed by atoms with van der Waals surface area (Å²) in [5, 5.41) is 2.34. The molecule has 1 aromatic carbocycles. The van der Waals surface area contributed by atoms with Gasteiger partial charge in [-0.3, -0.25) is 14.5 Å². The van der Waals surface area contributed by atoms with E-state index in [2.05, 4.69) is 5.32 Å². The third-order valence-electron chi connectivity index (χ3n) is 4.18. The van der Waals surface area contributed by atoms with E-state index in [9.17, 15) is 22.8 Å². The van der Waals surface area contributed by atoms with Crippen LogP contribution in [0.15, 0.2) is 24.3 Å². The van der Waals surface area contributed by atoms with Gasteiger partial charge in [-0.05, 0) is 18.1 Å². The normalized spacial score (nSPS) is 16.0. The fraction of sp³-hybridized carbons (Fsp3) is 0.556. The minimum absolute atomic E-state index is 0.00158. The summed E-state index contributed by atoms with van der Waals surface area (Å²) in [5.74, 6) is -0.105. The second kappa shape index (κ2) is 8.53. The molecule has 1 heterocycles. The topological polar surface area (TPSA) is 52.7 Å². The Balaban J connectivity index is 1.86. The van der Waals surface area contributed by atoms with Gasteiger partial charge in [0.05, 0.1) is 17.8 Å². The summed E-state index contributed by atoms with van der Waals surface area (Å²) < 4.78 is 38.9. The van der Waals surface area contributed by atoms with E-state index >= 15 is 0 Å². The molecule has 1 aliphatic heterocycles. The van der Waals surface area contributed by atoms with E-state index in [1.165, 1.54) is 18.2 Å². The van der Waals surface area contributed by atoms with Crippen molar-refractivity contribution in [3.05, 3.63) is 29.8 Å². The molecule has 1 N–H and O–H groups in total. The van der Waals surface area contributed by atoms with Crippen molar-refractivity contribution in [1.29, 1.82) is 0 Å². The molecule has 1 aromatic rings. The van der Waals surface area contributed by atoms with Crippen LogP contribution in [0.4, 0.5) is 18.9 Å². The second-order valence-corrected chi connectivity index (χ2v) is 6.85. The Morgan fingerprint density at radius 2 is 1.73 bits per heavy atom. The summed E-state index contributed by atoms with van der Waals surface area (Å²) in [6, 6.07) is 4.91. The number of hydrogen-bond donors (Lipinski definition) is 1. The average Bonchev–Trinajstić information content (AvgIpc) is 2.54. The average molecular weight is 371 g/mol. The fourth-order valence-electron chi connectivity index (χ4n) is 2.87. The highest BCUT2D eigenvalue weighted by molar-refractivity contribution is 5.93. The number of benzene rings is 1. The first-order valence-corrected chi connectivity index (χ1v) is 8.63. The zero-order valence-electron chi connectivity index (χ0n) is 15.0. The van der Waals surface area contributed by atoms with Gasteiger partial charge in [0, 0.05) is 32.6 Å².